The molecule has 4 rings (SSSR count). The van der Waals surface area contributed by atoms with E-state index >= 15 is 0 Å². The number of benzene rings is 2. The summed E-state index contributed by atoms with van der Waals surface area (Å²) in [6, 6.07) is 3.74. The zero-order valence-electron chi connectivity index (χ0n) is 15.0. The maximum atomic E-state index is 13.9. The minimum absolute atomic E-state index is 0.116. The monoisotopic (exact) mass is 392 g/mol. The Bertz CT molecular complexity index is 1020. The van der Waals surface area contributed by atoms with Crippen molar-refractivity contribution in [3.63, 3.8) is 0 Å². The zero-order valence-corrected chi connectivity index (χ0v) is 15.0. The van der Waals surface area contributed by atoms with E-state index in [2.05, 4.69) is 6.58 Å². The third-order valence-electron chi connectivity index (χ3n) is 5.45. The number of esters is 1. The van der Waals surface area contributed by atoms with Gasteiger partial charge in [-0.2, -0.15) is 0 Å². The normalized spacial score (nSPS) is 20.6. The molecule has 2 aromatic carbocycles. The van der Waals surface area contributed by atoms with Gasteiger partial charge < -0.3 is 9.47 Å². The number of rotatable bonds is 3. The van der Waals surface area contributed by atoms with Crippen molar-refractivity contribution < 1.29 is 31.8 Å². The molecule has 2 atom stereocenters. The van der Waals surface area contributed by atoms with Gasteiger partial charge >= 0.3 is 5.97 Å². The lowest BCUT2D eigenvalue weighted by molar-refractivity contribution is -0.139. The van der Waals surface area contributed by atoms with Gasteiger partial charge in [-0.05, 0) is 37.0 Å². The topological polar surface area (TPSA) is 35.5 Å². The van der Waals surface area contributed by atoms with Gasteiger partial charge in [-0.25, -0.2) is 22.4 Å². The van der Waals surface area contributed by atoms with Crippen molar-refractivity contribution in [2.24, 2.45) is 5.92 Å². The Morgan fingerprint density at radius 2 is 1.93 bits per heavy atom. The zero-order chi connectivity index (χ0) is 20.2. The van der Waals surface area contributed by atoms with Crippen LogP contribution < -0.4 is 4.74 Å². The third-order valence-corrected chi connectivity index (χ3v) is 5.45. The average molecular weight is 392 g/mol. The summed E-state index contributed by atoms with van der Waals surface area (Å²) in [5.41, 5.74) is 2.20. The summed E-state index contributed by atoms with van der Waals surface area (Å²) in [5, 5.41) is 0. The summed E-state index contributed by atoms with van der Waals surface area (Å²) in [4.78, 5) is 11.9. The molecule has 0 aromatic heterocycles. The average Bonchev–Trinajstić information content (AvgIpc) is 2.95. The van der Waals surface area contributed by atoms with Gasteiger partial charge in [0.05, 0.1) is 5.56 Å². The molecule has 28 heavy (non-hydrogen) atoms. The first-order chi connectivity index (χ1) is 13.3. The van der Waals surface area contributed by atoms with E-state index in [0.717, 1.165) is 24.0 Å². The van der Waals surface area contributed by atoms with Gasteiger partial charge in [-0.1, -0.05) is 12.6 Å². The smallest absolute Gasteiger partial charge is 0.334 e. The van der Waals surface area contributed by atoms with Gasteiger partial charge in [-0.15, -0.1) is 0 Å². The summed E-state index contributed by atoms with van der Waals surface area (Å²) < 4.78 is 65.1. The fraction of sp³-hybridized carbons (Fsp3) is 0.286. The molecule has 1 aliphatic heterocycles. The van der Waals surface area contributed by atoms with Crippen LogP contribution in [0.1, 0.15) is 34.8 Å². The molecule has 7 heteroatoms. The summed E-state index contributed by atoms with van der Waals surface area (Å²) in [6.45, 7) is 4.94. The van der Waals surface area contributed by atoms with Crippen LogP contribution in [0.2, 0.25) is 0 Å². The van der Waals surface area contributed by atoms with Gasteiger partial charge in [0.25, 0.3) is 0 Å². The maximum absolute atomic E-state index is 13.9. The number of hydrogen-bond acceptors (Lipinski definition) is 3. The van der Waals surface area contributed by atoms with Crippen molar-refractivity contribution in [2.45, 2.75) is 32.5 Å². The summed E-state index contributed by atoms with van der Waals surface area (Å²) in [6.07, 6.45) is 1.01. The Morgan fingerprint density at radius 1 is 1.18 bits per heavy atom. The van der Waals surface area contributed by atoms with Crippen LogP contribution in [-0.4, -0.2) is 5.97 Å². The first-order valence-electron chi connectivity index (χ1n) is 8.76. The third kappa shape index (κ3) is 2.77. The SMILES string of the molecule is C=C1C(=O)O[C@H]2c3c(ccc(OCc4c(F)cc(F)c(F)c4F)c3C)CCC12. The van der Waals surface area contributed by atoms with E-state index in [1.165, 1.54) is 0 Å². The van der Waals surface area contributed by atoms with Crippen LogP contribution in [0, 0.1) is 36.1 Å². The first kappa shape index (κ1) is 18.5. The van der Waals surface area contributed by atoms with Crippen molar-refractivity contribution in [1.29, 1.82) is 0 Å². The van der Waals surface area contributed by atoms with Crippen molar-refractivity contribution in [1.82, 2.24) is 0 Å². The summed E-state index contributed by atoms with van der Waals surface area (Å²) in [5.74, 6) is -6.42. The van der Waals surface area contributed by atoms with E-state index in [1.807, 2.05) is 0 Å². The molecule has 0 saturated carbocycles. The van der Waals surface area contributed by atoms with Gasteiger partial charge in [0.2, 0.25) is 0 Å². The Morgan fingerprint density at radius 3 is 2.68 bits per heavy atom. The van der Waals surface area contributed by atoms with Gasteiger partial charge in [-0.3, -0.25) is 0 Å². The van der Waals surface area contributed by atoms with E-state index in [0.29, 0.717) is 16.9 Å². The molecule has 0 spiro atoms. The quantitative estimate of drug-likeness (QED) is 0.246. The fourth-order valence-electron chi connectivity index (χ4n) is 3.93. The summed E-state index contributed by atoms with van der Waals surface area (Å²) in [7, 11) is 0. The van der Waals surface area contributed by atoms with E-state index in [4.69, 9.17) is 9.47 Å². The van der Waals surface area contributed by atoms with Crippen LogP contribution in [0.15, 0.2) is 30.4 Å². The van der Waals surface area contributed by atoms with E-state index in [9.17, 15) is 22.4 Å². The van der Waals surface area contributed by atoms with Crippen molar-refractivity contribution in [2.75, 3.05) is 0 Å². The number of ether oxygens (including phenoxy) is 2. The molecular formula is C21H16F4O3. The first-order valence-corrected chi connectivity index (χ1v) is 8.76. The second kappa shape index (κ2) is 6.65. The van der Waals surface area contributed by atoms with Crippen molar-refractivity contribution in [3.05, 3.63) is 75.9 Å². The van der Waals surface area contributed by atoms with Crippen LogP contribution in [0.4, 0.5) is 17.6 Å². The highest BCUT2D eigenvalue weighted by Crippen LogP contribution is 2.48. The highest BCUT2D eigenvalue weighted by molar-refractivity contribution is 5.91. The van der Waals surface area contributed by atoms with Crippen LogP contribution in [0.25, 0.3) is 0 Å². The molecule has 1 saturated heterocycles. The molecule has 1 fully saturated rings. The predicted octanol–water partition coefficient (Wildman–Crippen LogP) is 4.85. The predicted molar refractivity (Wildman–Crippen MR) is 91.6 cm³/mol. The molecule has 2 aromatic rings. The van der Waals surface area contributed by atoms with Crippen LogP contribution in [0.5, 0.6) is 5.75 Å². The number of fused-ring (bicyclic) bond motifs is 3. The number of carbonyl (C=O) groups excluding carboxylic acids is 1. The standard InChI is InChI=1S/C21H16F4O3/c1-9-12-5-3-11-4-6-16(10(2)17(11)20(12)28-21(9)26)27-8-13-14(22)7-15(23)19(25)18(13)24/h4,6-7,12,20H,1,3,5,8H2,2H3/t12?,20-/m1/s1. The van der Waals surface area contributed by atoms with E-state index < -0.39 is 47.5 Å². The number of aryl methyl sites for hydroxylation is 1. The molecular weight excluding hydrogens is 376 g/mol. The molecule has 146 valence electrons. The fourth-order valence-corrected chi connectivity index (χ4v) is 3.93. The molecule has 3 nitrogen and oxygen atoms in total. The van der Waals surface area contributed by atoms with E-state index in [1.54, 1.807) is 19.1 Å². The Balaban J connectivity index is 1.65. The maximum Gasteiger partial charge on any atom is 0.334 e. The molecule has 0 radical (unpaired) electrons. The van der Waals surface area contributed by atoms with Crippen molar-refractivity contribution in [3.8, 4) is 5.75 Å². The lowest BCUT2D eigenvalue weighted by Gasteiger charge is -2.29. The number of hydrogen-bond donors (Lipinski definition) is 0. The number of halogens is 4. The molecule has 1 heterocycles. The largest absolute Gasteiger partial charge is 0.488 e. The van der Waals surface area contributed by atoms with Gasteiger partial charge in [0.1, 0.15) is 24.3 Å². The Hall–Kier alpha value is -2.83. The van der Waals surface area contributed by atoms with Crippen LogP contribution in [0.3, 0.4) is 0 Å². The Kier molecular flexibility index (Phi) is 4.40. The second-order valence-corrected chi connectivity index (χ2v) is 6.99. The molecule has 0 bridgehead atoms. The minimum Gasteiger partial charge on any atom is -0.488 e. The van der Waals surface area contributed by atoms with Crippen LogP contribution >= 0.6 is 0 Å². The molecule has 1 unspecified atom stereocenters. The Labute approximate surface area is 158 Å². The highest BCUT2D eigenvalue weighted by Gasteiger charge is 2.43. The number of carbonyl (C=O) groups is 1. The van der Waals surface area contributed by atoms with Crippen LogP contribution in [-0.2, 0) is 22.6 Å². The lowest BCUT2D eigenvalue weighted by atomic mass is 9.78. The van der Waals surface area contributed by atoms with Gasteiger partial charge in [0.15, 0.2) is 17.5 Å². The minimum atomic E-state index is -1.75. The molecule has 2 aliphatic rings. The second-order valence-electron chi connectivity index (χ2n) is 6.99. The molecule has 0 N–H and O–H groups in total. The van der Waals surface area contributed by atoms with Crippen molar-refractivity contribution >= 4 is 5.97 Å². The lowest BCUT2D eigenvalue weighted by Crippen LogP contribution is -2.19. The van der Waals surface area contributed by atoms with Gasteiger partial charge in [0, 0.05) is 23.1 Å². The van der Waals surface area contributed by atoms with E-state index in [-0.39, 0.29) is 12.0 Å². The molecule has 1 aliphatic carbocycles. The highest BCUT2D eigenvalue weighted by atomic mass is 19.2. The molecule has 0 amide bonds. The summed E-state index contributed by atoms with van der Waals surface area (Å²) >= 11 is 0.